The van der Waals surface area contributed by atoms with Crippen molar-refractivity contribution in [2.75, 3.05) is 5.32 Å². The fourth-order valence-corrected chi connectivity index (χ4v) is 2.49. The molecule has 114 valence electrons. The van der Waals surface area contributed by atoms with Crippen molar-refractivity contribution in [2.45, 2.75) is 58.4 Å². The zero-order chi connectivity index (χ0) is 15.9. The average molecular weight is 302 g/mol. The second-order valence-electron chi connectivity index (χ2n) is 5.44. The Kier molecular flexibility index (Phi) is 6.71. The van der Waals surface area contributed by atoms with Gasteiger partial charge in [-0.05, 0) is 55.1 Å². The van der Waals surface area contributed by atoms with Gasteiger partial charge in [-0.2, -0.15) is 0 Å². The quantitative estimate of drug-likeness (QED) is 0.589. The summed E-state index contributed by atoms with van der Waals surface area (Å²) in [5.74, 6) is 3.41. The minimum absolute atomic E-state index is 0.360. The molecule has 0 aromatic heterocycles. The van der Waals surface area contributed by atoms with E-state index in [1.54, 1.807) is 0 Å². The van der Waals surface area contributed by atoms with Gasteiger partial charge in [-0.15, -0.1) is 6.42 Å². The maximum absolute atomic E-state index is 5.64. The van der Waals surface area contributed by atoms with Gasteiger partial charge in [0.25, 0.3) is 0 Å². The summed E-state index contributed by atoms with van der Waals surface area (Å²) in [5, 5.41) is 7.05. The highest BCUT2D eigenvalue weighted by molar-refractivity contribution is 7.80. The van der Waals surface area contributed by atoms with Crippen LogP contribution in [0.1, 0.15) is 58.4 Å². The summed E-state index contributed by atoms with van der Waals surface area (Å²) in [6.07, 6.45) is 8.47. The first kappa shape index (κ1) is 17.5. The number of hydrogen-bond acceptors (Lipinski definition) is 1. The van der Waals surface area contributed by atoms with Crippen LogP contribution >= 0.6 is 12.2 Å². The van der Waals surface area contributed by atoms with E-state index in [0.717, 1.165) is 24.9 Å². The Balaban J connectivity index is 2.69. The first-order chi connectivity index (χ1) is 10.00. The van der Waals surface area contributed by atoms with Crippen molar-refractivity contribution in [3.05, 3.63) is 29.8 Å². The smallest absolute Gasteiger partial charge is 0.171 e. The molecule has 0 spiro atoms. The number of thiocarbonyl (C=S) groups is 1. The van der Waals surface area contributed by atoms with Crippen molar-refractivity contribution < 1.29 is 0 Å². The highest BCUT2D eigenvalue weighted by Gasteiger charge is 2.23. The summed E-state index contributed by atoms with van der Waals surface area (Å²) in [6, 6.07) is 8.41. The van der Waals surface area contributed by atoms with E-state index in [1.807, 2.05) is 0 Å². The molecule has 0 saturated carbocycles. The third-order valence-electron chi connectivity index (χ3n) is 4.19. The minimum Gasteiger partial charge on any atom is -0.346 e. The van der Waals surface area contributed by atoms with E-state index in [2.05, 4.69) is 68.5 Å². The SMILES string of the molecule is C#CC(CC)(CC)NC(=S)Nc1ccc(C(C)CC)cc1. The van der Waals surface area contributed by atoms with Crippen LogP contribution in [0.15, 0.2) is 24.3 Å². The minimum atomic E-state index is -0.360. The molecule has 1 aromatic carbocycles. The van der Waals surface area contributed by atoms with Gasteiger partial charge in [0.2, 0.25) is 0 Å². The first-order valence-corrected chi connectivity index (χ1v) is 8.08. The maximum Gasteiger partial charge on any atom is 0.171 e. The van der Waals surface area contributed by atoms with E-state index in [9.17, 15) is 0 Å². The molecule has 1 rings (SSSR count). The van der Waals surface area contributed by atoms with Gasteiger partial charge >= 0.3 is 0 Å². The van der Waals surface area contributed by atoms with Crippen LogP contribution < -0.4 is 10.6 Å². The summed E-state index contributed by atoms with van der Waals surface area (Å²) >= 11 is 5.37. The molecule has 21 heavy (non-hydrogen) atoms. The molecule has 0 saturated heterocycles. The Labute approximate surface area is 134 Å². The second kappa shape index (κ2) is 8.05. The molecular weight excluding hydrogens is 276 g/mol. The van der Waals surface area contributed by atoms with Crippen LogP contribution in [0.5, 0.6) is 0 Å². The molecule has 2 N–H and O–H groups in total. The molecule has 0 aliphatic heterocycles. The summed E-state index contributed by atoms with van der Waals surface area (Å²) in [5.41, 5.74) is 1.97. The summed E-state index contributed by atoms with van der Waals surface area (Å²) in [7, 11) is 0. The molecule has 0 fully saturated rings. The maximum atomic E-state index is 5.64. The van der Waals surface area contributed by atoms with Gasteiger partial charge in [0.05, 0.1) is 5.54 Å². The fraction of sp³-hybridized carbons (Fsp3) is 0.500. The number of hydrogen-bond donors (Lipinski definition) is 2. The van der Waals surface area contributed by atoms with E-state index >= 15 is 0 Å². The number of nitrogens with one attached hydrogen (secondary N) is 2. The summed E-state index contributed by atoms with van der Waals surface area (Å²) < 4.78 is 0. The van der Waals surface area contributed by atoms with Crippen LogP contribution in [0.4, 0.5) is 5.69 Å². The number of anilines is 1. The zero-order valence-electron chi connectivity index (χ0n) is 13.5. The standard InChI is InChI=1S/C18H26N2S/c1-6-14(5)15-10-12-16(13-11-15)19-17(21)20-18(7-2,8-3)9-4/h2,10-14H,6,8-9H2,1,3-5H3,(H2,19,20,21). The van der Waals surface area contributed by atoms with Gasteiger partial charge in [0.1, 0.15) is 0 Å². The average Bonchev–Trinajstić information content (AvgIpc) is 2.52. The highest BCUT2D eigenvalue weighted by Crippen LogP contribution is 2.20. The molecule has 1 unspecified atom stereocenters. The lowest BCUT2D eigenvalue weighted by atomic mass is 9.94. The Hall–Kier alpha value is -1.53. The van der Waals surface area contributed by atoms with E-state index in [-0.39, 0.29) is 5.54 Å². The van der Waals surface area contributed by atoms with Crippen molar-refractivity contribution in [2.24, 2.45) is 0 Å². The van der Waals surface area contributed by atoms with Gasteiger partial charge in [-0.3, -0.25) is 0 Å². The predicted octanol–water partition coefficient (Wildman–Crippen LogP) is 4.68. The number of benzene rings is 1. The molecule has 3 heteroatoms. The molecule has 0 heterocycles. The number of rotatable bonds is 6. The van der Waals surface area contributed by atoms with E-state index < -0.39 is 0 Å². The lowest BCUT2D eigenvalue weighted by Crippen LogP contribution is -2.48. The molecule has 0 aliphatic carbocycles. The van der Waals surface area contributed by atoms with Crippen LogP contribution in [0.25, 0.3) is 0 Å². The Morgan fingerprint density at radius 3 is 2.24 bits per heavy atom. The van der Waals surface area contributed by atoms with E-state index in [0.29, 0.717) is 11.0 Å². The molecule has 1 atom stereocenters. The monoisotopic (exact) mass is 302 g/mol. The lowest BCUT2D eigenvalue weighted by molar-refractivity contribution is 0.461. The van der Waals surface area contributed by atoms with Crippen molar-refractivity contribution in [3.8, 4) is 12.3 Å². The van der Waals surface area contributed by atoms with Crippen LogP contribution in [0, 0.1) is 12.3 Å². The normalized spacial score (nSPS) is 12.3. The van der Waals surface area contributed by atoms with Gasteiger partial charge in [-0.25, -0.2) is 0 Å². The first-order valence-electron chi connectivity index (χ1n) is 7.67. The molecule has 2 nitrogen and oxygen atoms in total. The van der Waals surface area contributed by atoms with Crippen molar-refractivity contribution in [1.29, 1.82) is 0 Å². The van der Waals surface area contributed by atoms with Crippen molar-refractivity contribution in [1.82, 2.24) is 5.32 Å². The van der Waals surface area contributed by atoms with Crippen molar-refractivity contribution in [3.63, 3.8) is 0 Å². The highest BCUT2D eigenvalue weighted by atomic mass is 32.1. The number of terminal acetylenes is 1. The van der Waals surface area contributed by atoms with E-state index in [4.69, 9.17) is 18.6 Å². The topological polar surface area (TPSA) is 24.1 Å². The van der Waals surface area contributed by atoms with Crippen LogP contribution in [0.3, 0.4) is 0 Å². The van der Waals surface area contributed by atoms with Crippen LogP contribution in [0.2, 0.25) is 0 Å². The Morgan fingerprint density at radius 1 is 1.24 bits per heavy atom. The zero-order valence-corrected chi connectivity index (χ0v) is 14.3. The molecular formula is C18H26N2S. The predicted molar refractivity (Wildman–Crippen MR) is 96.7 cm³/mol. The third-order valence-corrected chi connectivity index (χ3v) is 4.39. The van der Waals surface area contributed by atoms with Crippen LogP contribution in [-0.2, 0) is 0 Å². The largest absolute Gasteiger partial charge is 0.346 e. The van der Waals surface area contributed by atoms with Gasteiger partial charge < -0.3 is 10.6 Å². The Morgan fingerprint density at radius 2 is 1.81 bits per heavy atom. The molecule has 1 aromatic rings. The second-order valence-corrected chi connectivity index (χ2v) is 5.85. The van der Waals surface area contributed by atoms with Gasteiger partial charge in [0, 0.05) is 5.69 Å². The molecule has 0 radical (unpaired) electrons. The Bertz CT molecular complexity index is 495. The van der Waals surface area contributed by atoms with Crippen LogP contribution in [-0.4, -0.2) is 10.7 Å². The van der Waals surface area contributed by atoms with Crippen molar-refractivity contribution >= 4 is 23.0 Å². The lowest BCUT2D eigenvalue weighted by Gasteiger charge is -2.28. The molecule has 0 amide bonds. The van der Waals surface area contributed by atoms with Gasteiger partial charge in [-0.1, -0.05) is 45.7 Å². The third kappa shape index (κ3) is 4.75. The molecule has 0 aliphatic rings. The fourth-order valence-electron chi connectivity index (χ4n) is 2.18. The summed E-state index contributed by atoms with van der Waals surface area (Å²) in [6.45, 7) is 8.57. The van der Waals surface area contributed by atoms with E-state index in [1.165, 1.54) is 5.56 Å². The molecule has 0 bridgehead atoms. The van der Waals surface area contributed by atoms with Gasteiger partial charge in [0.15, 0.2) is 5.11 Å². The summed E-state index contributed by atoms with van der Waals surface area (Å²) in [4.78, 5) is 0.